The number of halogens is 1. The first-order valence-corrected chi connectivity index (χ1v) is 6.47. The van der Waals surface area contributed by atoms with Gasteiger partial charge in [-0.3, -0.25) is 4.79 Å². The zero-order valence-corrected chi connectivity index (χ0v) is 11.0. The van der Waals surface area contributed by atoms with E-state index in [1.165, 1.54) is 6.07 Å². The maximum absolute atomic E-state index is 12.3. The van der Waals surface area contributed by atoms with E-state index in [1.54, 1.807) is 24.3 Å². The summed E-state index contributed by atoms with van der Waals surface area (Å²) in [5.74, 6) is -1.21. The fraction of sp³-hybridized carbons (Fsp3) is 0. The fourth-order valence-electron chi connectivity index (χ4n) is 1.77. The topological polar surface area (TPSA) is 78.2 Å². The minimum atomic E-state index is -0.741. The first-order chi connectivity index (χ1) is 9.06. The summed E-state index contributed by atoms with van der Waals surface area (Å²) in [6.07, 6.45) is 0. The summed E-state index contributed by atoms with van der Waals surface area (Å²) in [6.45, 7) is 0. The summed E-state index contributed by atoms with van der Waals surface area (Å²) in [5.41, 5.74) is 6.72. The molecule has 3 aromatic rings. The van der Waals surface area contributed by atoms with Crippen LogP contribution in [-0.4, -0.2) is 10.5 Å². The van der Waals surface area contributed by atoms with Crippen LogP contribution in [0, 0.1) is 0 Å². The van der Waals surface area contributed by atoms with Crippen molar-refractivity contribution in [2.24, 2.45) is 0 Å². The van der Waals surface area contributed by atoms with Gasteiger partial charge >= 0.3 is 5.76 Å². The first kappa shape index (κ1) is 12.0. The molecule has 2 aromatic heterocycles. The molecule has 3 rings (SSSR count). The van der Waals surface area contributed by atoms with E-state index in [-0.39, 0.29) is 5.58 Å². The molecule has 0 radical (unpaired) electrons. The Labute approximate surface area is 115 Å². The second kappa shape index (κ2) is 4.25. The Morgan fingerprint density at radius 2 is 2.11 bits per heavy atom. The molecular formula is C12H7ClN2O3S. The molecule has 0 unspecified atom stereocenters. The van der Waals surface area contributed by atoms with Gasteiger partial charge in [-0.15, -0.1) is 11.3 Å². The Morgan fingerprint density at radius 1 is 1.32 bits per heavy atom. The van der Waals surface area contributed by atoms with E-state index in [0.29, 0.717) is 20.4 Å². The van der Waals surface area contributed by atoms with Crippen LogP contribution in [0.3, 0.4) is 0 Å². The number of hydrogen-bond acceptors (Lipinski definition) is 5. The van der Waals surface area contributed by atoms with Gasteiger partial charge in [0, 0.05) is 11.8 Å². The predicted molar refractivity (Wildman–Crippen MR) is 73.9 cm³/mol. The minimum absolute atomic E-state index is 0.279. The van der Waals surface area contributed by atoms with E-state index >= 15 is 0 Å². The van der Waals surface area contributed by atoms with Crippen LogP contribution in [0.2, 0.25) is 4.34 Å². The quantitative estimate of drug-likeness (QED) is 0.700. The number of nitrogens with two attached hydrogens (primary N) is 1. The largest absolute Gasteiger partial charge is 0.427 e. The van der Waals surface area contributed by atoms with Crippen molar-refractivity contribution < 1.29 is 9.21 Å². The maximum atomic E-state index is 12.3. The van der Waals surface area contributed by atoms with Gasteiger partial charge in [-0.2, -0.15) is 0 Å². The summed E-state index contributed by atoms with van der Waals surface area (Å²) >= 11 is 6.89. The molecule has 7 heteroatoms. The second-order valence-corrected chi connectivity index (χ2v) is 5.55. The zero-order chi connectivity index (χ0) is 13.6. The van der Waals surface area contributed by atoms with Gasteiger partial charge in [0.25, 0.3) is 5.91 Å². The maximum Gasteiger partial charge on any atom is 0.427 e. The molecule has 0 spiro atoms. The van der Waals surface area contributed by atoms with Crippen molar-refractivity contribution in [3.05, 3.63) is 50.1 Å². The van der Waals surface area contributed by atoms with Crippen LogP contribution in [-0.2, 0) is 0 Å². The molecule has 0 atom stereocenters. The third kappa shape index (κ3) is 1.94. The summed E-state index contributed by atoms with van der Waals surface area (Å²) in [4.78, 5) is 24.4. The van der Waals surface area contributed by atoms with E-state index in [4.69, 9.17) is 21.8 Å². The monoisotopic (exact) mass is 294 g/mol. The Hall–Kier alpha value is -2.05. The Balaban J connectivity index is 2.22. The van der Waals surface area contributed by atoms with Crippen molar-refractivity contribution in [2.45, 2.75) is 0 Å². The Kier molecular flexibility index (Phi) is 2.69. The standard InChI is InChI=1S/C12H7ClN2O3S/c13-10-4-3-9(19-10)11(16)15-7-2-1-6(14)5-8(7)18-12(15)17/h1-5H,14H2. The number of aromatic nitrogens is 1. The van der Waals surface area contributed by atoms with Gasteiger partial charge < -0.3 is 10.2 Å². The van der Waals surface area contributed by atoms with Crippen molar-refractivity contribution >= 4 is 45.6 Å². The molecule has 19 heavy (non-hydrogen) atoms. The van der Waals surface area contributed by atoms with E-state index in [2.05, 4.69) is 0 Å². The molecule has 5 nitrogen and oxygen atoms in total. The molecule has 0 bridgehead atoms. The number of nitrogens with zero attached hydrogens (tertiary/aromatic N) is 1. The smallest absolute Gasteiger partial charge is 0.407 e. The SMILES string of the molecule is Nc1ccc2c(c1)oc(=O)n2C(=O)c1ccc(Cl)s1. The molecule has 0 saturated heterocycles. The number of thiophene rings is 1. The van der Waals surface area contributed by atoms with E-state index in [1.807, 2.05) is 0 Å². The number of nitrogen functional groups attached to an aromatic ring is 1. The molecular weight excluding hydrogens is 288 g/mol. The molecule has 1 aromatic carbocycles. The predicted octanol–water partition coefficient (Wildman–Crippen LogP) is 2.58. The van der Waals surface area contributed by atoms with Gasteiger partial charge in [0.2, 0.25) is 0 Å². The average molecular weight is 295 g/mol. The third-order valence-corrected chi connectivity index (χ3v) is 3.81. The van der Waals surface area contributed by atoms with E-state index < -0.39 is 11.7 Å². The van der Waals surface area contributed by atoms with Crippen molar-refractivity contribution in [1.82, 2.24) is 4.57 Å². The lowest BCUT2D eigenvalue weighted by atomic mass is 10.3. The van der Waals surface area contributed by atoms with Gasteiger partial charge in [-0.1, -0.05) is 11.6 Å². The fourth-order valence-corrected chi connectivity index (χ4v) is 2.74. The van der Waals surface area contributed by atoms with Gasteiger partial charge in [0.05, 0.1) is 14.7 Å². The molecule has 0 saturated carbocycles. The summed E-state index contributed by atoms with van der Waals surface area (Å²) in [7, 11) is 0. The highest BCUT2D eigenvalue weighted by Crippen LogP contribution is 2.24. The number of oxazole rings is 1. The summed E-state index contributed by atoms with van der Waals surface area (Å²) in [6, 6.07) is 7.84. The van der Waals surface area contributed by atoms with Gasteiger partial charge in [0.15, 0.2) is 5.58 Å². The summed E-state index contributed by atoms with van der Waals surface area (Å²) in [5, 5.41) is 0. The number of carbonyl (C=O) groups excluding carboxylic acids is 1. The minimum Gasteiger partial charge on any atom is -0.407 e. The highest BCUT2D eigenvalue weighted by Gasteiger charge is 2.19. The third-order valence-electron chi connectivity index (χ3n) is 2.59. The molecule has 2 N–H and O–H groups in total. The molecule has 0 aliphatic rings. The average Bonchev–Trinajstić information content (AvgIpc) is 2.91. The van der Waals surface area contributed by atoms with Gasteiger partial charge in [0.1, 0.15) is 0 Å². The number of rotatable bonds is 1. The molecule has 0 aliphatic carbocycles. The number of benzene rings is 1. The molecule has 0 aliphatic heterocycles. The summed E-state index contributed by atoms with van der Waals surface area (Å²) < 4.78 is 6.46. The van der Waals surface area contributed by atoms with Crippen LogP contribution in [0.4, 0.5) is 5.69 Å². The number of fused-ring (bicyclic) bond motifs is 1. The van der Waals surface area contributed by atoms with Crippen LogP contribution in [0.5, 0.6) is 0 Å². The number of carbonyl (C=O) groups is 1. The van der Waals surface area contributed by atoms with E-state index in [0.717, 1.165) is 15.9 Å². The highest BCUT2D eigenvalue weighted by molar-refractivity contribution is 7.18. The highest BCUT2D eigenvalue weighted by atomic mass is 35.5. The van der Waals surface area contributed by atoms with Crippen molar-refractivity contribution in [3.8, 4) is 0 Å². The van der Waals surface area contributed by atoms with Crippen LogP contribution in [0.1, 0.15) is 9.67 Å². The van der Waals surface area contributed by atoms with Crippen LogP contribution in [0.25, 0.3) is 11.1 Å². The molecule has 0 fully saturated rings. The normalized spacial score (nSPS) is 11.0. The van der Waals surface area contributed by atoms with Crippen molar-refractivity contribution in [2.75, 3.05) is 5.73 Å². The number of hydrogen-bond donors (Lipinski definition) is 1. The molecule has 96 valence electrons. The zero-order valence-electron chi connectivity index (χ0n) is 9.42. The lowest BCUT2D eigenvalue weighted by molar-refractivity contribution is 0.0960. The second-order valence-electron chi connectivity index (χ2n) is 3.84. The number of anilines is 1. The lowest BCUT2D eigenvalue weighted by Crippen LogP contribution is -2.22. The van der Waals surface area contributed by atoms with Crippen molar-refractivity contribution in [3.63, 3.8) is 0 Å². The van der Waals surface area contributed by atoms with Gasteiger partial charge in [-0.05, 0) is 24.3 Å². The lowest BCUT2D eigenvalue weighted by Gasteiger charge is -1.98. The molecule has 0 amide bonds. The van der Waals surface area contributed by atoms with Crippen molar-refractivity contribution in [1.29, 1.82) is 0 Å². The Morgan fingerprint density at radius 3 is 2.79 bits per heavy atom. The van der Waals surface area contributed by atoms with Crippen LogP contribution < -0.4 is 11.5 Å². The van der Waals surface area contributed by atoms with Crippen LogP contribution in [0.15, 0.2) is 39.5 Å². The van der Waals surface area contributed by atoms with Gasteiger partial charge in [-0.25, -0.2) is 9.36 Å². The van der Waals surface area contributed by atoms with Crippen LogP contribution >= 0.6 is 22.9 Å². The first-order valence-electron chi connectivity index (χ1n) is 5.27. The Bertz CT molecular complexity index is 846. The molecule has 2 heterocycles. The van der Waals surface area contributed by atoms with E-state index in [9.17, 15) is 9.59 Å².